The summed E-state index contributed by atoms with van der Waals surface area (Å²) in [5.41, 5.74) is 3.87. The zero-order valence-corrected chi connectivity index (χ0v) is 18.9. The van der Waals surface area contributed by atoms with E-state index < -0.39 is 0 Å². The van der Waals surface area contributed by atoms with Gasteiger partial charge in [0, 0.05) is 17.8 Å². The first-order valence-corrected chi connectivity index (χ1v) is 11.3. The molecule has 0 amide bonds. The molecule has 1 atom stereocenters. The summed E-state index contributed by atoms with van der Waals surface area (Å²) in [6.45, 7) is 0.676. The monoisotopic (exact) mass is 421 g/mol. The van der Waals surface area contributed by atoms with Crippen LogP contribution in [0, 0.1) is 0 Å². The molecule has 0 aliphatic heterocycles. The minimum absolute atomic E-state index is 0.338. The summed E-state index contributed by atoms with van der Waals surface area (Å²) in [5, 5.41) is 2.44. The summed E-state index contributed by atoms with van der Waals surface area (Å²) >= 11 is 0. The van der Waals surface area contributed by atoms with E-state index in [4.69, 9.17) is 4.74 Å². The van der Waals surface area contributed by atoms with Gasteiger partial charge in [-0.15, -0.1) is 0 Å². The molecule has 4 aromatic carbocycles. The van der Waals surface area contributed by atoms with Crippen molar-refractivity contribution < 1.29 is 4.74 Å². The second-order valence-corrected chi connectivity index (χ2v) is 8.31. The Bertz CT molecular complexity index is 1150. The summed E-state index contributed by atoms with van der Waals surface area (Å²) in [4.78, 5) is 2.26. The van der Waals surface area contributed by atoms with E-state index in [0.29, 0.717) is 12.6 Å². The first-order valence-electron chi connectivity index (χ1n) is 11.3. The molecule has 0 fully saturated rings. The van der Waals surface area contributed by atoms with Crippen LogP contribution in [-0.2, 0) is 6.42 Å². The molecule has 0 aliphatic carbocycles. The summed E-state index contributed by atoms with van der Waals surface area (Å²) in [6.07, 6.45) is 6.25. The number of hydrogen-bond acceptors (Lipinski definition) is 2. The van der Waals surface area contributed by atoms with Crippen LogP contribution in [0.5, 0.6) is 5.75 Å². The molecule has 0 bridgehead atoms. The topological polar surface area (TPSA) is 12.5 Å². The van der Waals surface area contributed by atoms with Crippen LogP contribution in [0.25, 0.3) is 16.8 Å². The van der Waals surface area contributed by atoms with Crippen LogP contribution in [0.1, 0.15) is 29.2 Å². The van der Waals surface area contributed by atoms with E-state index in [1.165, 1.54) is 27.5 Å². The molecule has 1 unspecified atom stereocenters. The van der Waals surface area contributed by atoms with Crippen molar-refractivity contribution in [2.75, 3.05) is 20.7 Å². The molecule has 0 spiro atoms. The summed E-state index contributed by atoms with van der Waals surface area (Å²) < 4.78 is 6.31. The van der Waals surface area contributed by atoms with Gasteiger partial charge >= 0.3 is 0 Å². The quantitative estimate of drug-likeness (QED) is 0.284. The fraction of sp³-hybridized carbons (Fsp3) is 0.200. The van der Waals surface area contributed by atoms with Gasteiger partial charge in [-0.05, 0) is 48.7 Å². The first-order chi connectivity index (χ1) is 15.7. The van der Waals surface area contributed by atoms with Crippen molar-refractivity contribution in [2.45, 2.75) is 18.9 Å². The van der Waals surface area contributed by atoms with E-state index in [0.717, 1.165) is 18.6 Å². The number of ether oxygens (including phenoxy) is 1. The second-order valence-electron chi connectivity index (χ2n) is 8.31. The predicted molar refractivity (Wildman–Crippen MR) is 136 cm³/mol. The van der Waals surface area contributed by atoms with Crippen molar-refractivity contribution in [3.63, 3.8) is 0 Å². The Morgan fingerprint density at radius 1 is 0.750 bits per heavy atom. The maximum absolute atomic E-state index is 6.31. The van der Waals surface area contributed by atoms with Gasteiger partial charge in [-0.3, -0.25) is 0 Å². The molecular formula is C30H31NO. The van der Waals surface area contributed by atoms with E-state index in [9.17, 15) is 0 Å². The van der Waals surface area contributed by atoms with Crippen molar-refractivity contribution in [3.05, 3.63) is 120 Å². The Hall–Kier alpha value is -3.36. The lowest BCUT2D eigenvalue weighted by Gasteiger charge is -2.25. The normalized spacial score (nSPS) is 12.5. The summed E-state index contributed by atoms with van der Waals surface area (Å²) in [7, 11) is 4.26. The van der Waals surface area contributed by atoms with Crippen molar-refractivity contribution in [2.24, 2.45) is 0 Å². The molecule has 2 heteroatoms. The maximum Gasteiger partial charge on any atom is 0.127 e. The summed E-state index contributed by atoms with van der Waals surface area (Å²) in [5.74, 6) is 0.960. The van der Waals surface area contributed by atoms with Gasteiger partial charge in [0.25, 0.3) is 0 Å². The SMILES string of the molecule is CN(C)C(CCOc1ccc(C/C=C/c2ccccc2)c2ccccc12)c1ccccc1. The van der Waals surface area contributed by atoms with Gasteiger partial charge in [0.05, 0.1) is 6.61 Å². The molecule has 0 heterocycles. The number of benzene rings is 4. The number of rotatable bonds is 9. The Labute approximate surface area is 191 Å². The third kappa shape index (κ3) is 5.46. The fourth-order valence-electron chi connectivity index (χ4n) is 4.20. The lowest BCUT2D eigenvalue weighted by molar-refractivity contribution is 0.225. The third-order valence-electron chi connectivity index (χ3n) is 5.88. The predicted octanol–water partition coefficient (Wildman–Crippen LogP) is 7.17. The van der Waals surface area contributed by atoms with Crippen molar-refractivity contribution in [1.29, 1.82) is 0 Å². The van der Waals surface area contributed by atoms with E-state index in [-0.39, 0.29) is 0 Å². The highest BCUT2D eigenvalue weighted by Gasteiger charge is 2.14. The number of nitrogens with zero attached hydrogens (tertiary/aromatic N) is 1. The zero-order valence-electron chi connectivity index (χ0n) is 18.9. The van der Waals surface area contributed by atoms with E-state index in [1.807, 2.05) is 6.07 Å². The Kier molecular flexibility index (Phi) is 7.37. The lowest BCUT2D eigenvalue weighted by atomic mass is 10.0. The average molecular weight is 422 g/mol. The molecule has 4 rings (SSSR count). The Balaban J connectivity index is 1.47. The van der Waals surface area contributed by atoms with Gasteiger partial charge in [-0.1, -0.05) is 103 Å². The minimum Gasteiger partial charge on any atom is -0.493 e. The van der Waals surface area contributed by atoms with Crippen LogP contribution >= 0.6 is 0 Å². The molecule has 0 aromatic heterocycles. The van der Waals surface area contributed by atoms with Crippen LogP contribution in [0.15, 0.2) is 103 Å². The average Bonchev–Trinajstić information content (AvgIpc) is 2.83. The second kappa shape index (κ2) is 10.8. The highest BCUT2D eigenvalue weighted by atomic mass is 16.5. The molecular weight excluding hydrogens is 390 g/mol. The van der Waals surface area contributed by atoms with Gasteiger partial charge < -0.3 is 9.64 Å². The molecule has 0 aliphatic rings. The first kappa shape index (κ1) is 21.9. The van der Waals surface area contributed by atoms with Gasteiger partial charge in [0.15, 0.2) is 0 Å². The van der Waals surface area contributed by atoms with E-state index >= 15 is 0 Å². The number of hydrogen-bond donors (Lipinski definition) is 0. The standard InChI is InChI=1S/C30H31NO/c1-31(2)29(26-15-7-4-8-16-26)22-23-32-30-21-20-25(27-18-9-10-19-28(27)30)17-11-14-24-12-5-3-6-13-24/h3-16,18-21,29H,17,22-23H2,1-2H3/b14-11+. The molecule has 4 aromatic rings. The Morgan fingerprint density at radius 2 is 1.41 bits per heavy atom. The molecule has 0 saturated carbocycles. The van der Waals surface area contributed by atoms with Gasteiger partial charge in [-0.25, -0.2) is 0 Å². The molecule has 2 nitrogen and oxygen atoms in total. The minimum atomic E-state index is 0.338. The van der Waals surface area contributed by atoms with Crippen LogP contribution in [0.4, 0.5) is 0 Å². The third-order valence-corrected chi connectivity index (χ3v) is 5.88. The van der Waals surface area contributed by atoms with E-state index in [1.54, 1.807) is 0 Å². The van der Waals surface area contributed by atoms with Gasteiger partial charge in [-0.2, -0.15) is 0 Å². The maximum atomic E-state index is 6.31. The van der Waals surface area contributed by atoms with Gasteiger partial charge in [0.2, 0.25) is 0 Å². The number of allylic oxidation sites excluding steroid dienone is 1. The van der Waals surface area contributed by atoms with Crippen LogP contribution in [0.3, 0.4) is 0 Å². The zero-order chi connectivity index (χ0) is 22.2. The van der Waals surface area contributed by atoms with E-state index in [2.05, 4.69) is 122 Å². The highest BCUT2D eigenvalue weighted by molar-refractivity contribution is 5.91. The molecule has 32 heavy (non-hydrogen) atoms. The highest BCUT2D eigenvalue weighted by Crippen LogP contribution is 2.30. The number of fused-ring (bicyclic) bond motifs is 1. The fourth-order valence-corrected chi connectivity index (χ4v) is 4.20. The molecule has 0 saturated heterocycles. The van der Waals surface area contributed by atoms with Crippen LogP contribution < -0.4 is 4.74 Å². The van der Waals surface area contributed by atoms with Crippen LogP contribution in [0.2, 0.25) is 0 Å². The largest absolute Gasteiger partial charge is 0.493 e. The lowest BCUT2D eigenvalue weighted by Crippen LogP contribution is -2.22. The molecule has 162 valence electrons. The smallest absolute Gasteiger partial charge is 0.127 e. The van der Waals surface area contributed by atoms with Crippen LogP contribution in [-0.4, -0.2) is 25.6 Å². The van der Waals surface area contributed by atoms with Crippen molar-refractivity contribution in [3.8, 4) is 5.75 Å². The molecule has 0 N–H and O–H groups in total. The van der Waals surface area contributed by atoms with Crippen molar-refractivity contribution in [1.82, 2.24) is 4.90 Å². The van der Waals surface area contributed by atoms with Gasteiger partial charge in [0.1, 0.15) is 5.75 Å². The summed E-state index contributed by atoms with van der Waals surface area (Å²) in [6, 6.07) is 34.3. The molecule has 0 radical (unpaired) electrons. The Morgan fingerprint density at radius 3 is 2.12 bits per heavy atom. The van der Waals surface area contributed by atoms with Crippen molar-refractivity contribution >= 4 is 16.8 Å².